The summed E-state index contributed by atoms with van der Waals surface area (Å²) in [6.07, 6.45) is 4.17. The van der Waals surface area contributed by atoms with Crippen LogP contribution < -0.4 is 14.8 Å². The van der Waals surface area contributed by atoms with Gasteiger partial charge in [0.1, 0.15) is 0 Å². The van der Waals surface area contributed by atoms with E-state index in [2.05, 4.69) is 53.8 Å². The zero-order valence-corrected chi connectivity index (χ0v) is 16.1. The summed E-state index contributed by atoms with van der Waals surface area (Å²) in [5.74, 6) is 1.58. The molecule has 0 radical (unpaired) electrons. The summed E-state index contributed by atoms with van der Waals surface area (Å²) in [5.41, 5.74) is 3.41. The second-order valence-electron chi connectivity index (χ2n) is 6.90. The van der Waals surface area contributed by atoms with Crippen molar-refractivity contribution in [2.24, 2.45) is 0 Å². The van der Waals surface area contributed by atoms with Crippen LogP contribution in [0.5, 0.6) is 11.5 Å². The van der Waals surface area contributed by atoms with Crippen molar-refractivity contribution >= 4 is 12.0 Å². The molecular weight excluding hydrogens is 362 g/mol. The van der Waals surface area contributed by atoms with Crippen molar-refractivity contribution in [3.63, 3.8) is 0 Å². The van der Waals surface area contributed by atoms with E-state index in [1.165, 1.54) is 11.1 Å². The minimum atomic E-state index is -0.109. The van der Waals surface area contributed by atoms with Crippen molar-refractivity contribution in [3.05, 3.63) is 102 Å². The Morgan fingerprint density at radius 2 is 1.55 bits per heavy atom. The minimum Gasteiger partial charge on any atom is -0.454 e. The Morgan fingerprint density at radius 1 is 0.897 bits per heavy atom. The average molecular weight is 385 g/mol. The Labute approximate surface area is 170 Å². The molecule has 1 aliphatic rings. The number of fused-ring (bicyclic) bond motifs is 1. The Bertz CT molecular complexity index is 944. The van der Waals surface area contributed by atoms with E-state index in [1.54, 1.807) is 12.2 Å². The first-order valence-corrected chi connectivity index (χ1v) is 9.75. The van der Waals surface area contributed by atoms with Crippen LogP contribution in [-0.2, 0) is 4.79 Å². The quantitative estimate of drug-likeness (QED) is 0.596. The highest BCUT2D eigenvalue weighted by Crippen LogP contribution is 2.32. The smallest absolute Gasteiger partial charge is 0.243 e. The van der Waals surface area contributed by atoms with Gasteiger partial charge in [0, 0.05) is 18.5 Å². The molecule has 0 saturated heterocycles. The number of carbonyl (C=O) groups is 1. The molecule has 0 bridgehead atoms. The van der Waals surface area contributed by atoms with Crippen LogP contribution in [0.3, 0.4) is 0 Å². The number of benzene rings is 3. The highest BCUT2D eigenvalue weighted by molar-refractivity contribution is 5.91. The first-order valence-electron chi connectivity index (χ1n) is 9.75. The van der Waals surface area contributed by atoms with E-state index in [1.807, 2.05) is 30.3 Å². The van der Waals surface area contributed by atoms with Gasteiger partial charge in [-0.2, -0.15) is 0 Å². The van der Waals surface area contributed by atoms with Gasteiger partial charge in [-0.25, -0.2) is 0 Å². The van der Waals surface area contributed by atoms with Crippen molar-refractivity contribution in [2.45, 2.75) is 12.3 Å². The molecule has 0 spiro atoms. The lowest BCUT2D eigenvalue weighted by Gasteiger charge is -2.18. The molecule has 1 amide bonds. The third kappa shape index (κ3) is 4.85. The minimum absolute atomic E-state index is 0.109. The predicted molar refractivity (Wildman–Crippen MR) is 114 cm³/mol. The SMILES string of the molecule is O=C(/C=C/c1ccc2c(c1)OCO2)NCCC(c1ccccc1)c1ccccc1. The van der Waals surface area contributed by atoms with Crippen molar-refractivity contribution in [2.75, 3.05) is 13.3 Å². The molecule has 3 aromatic carbocycles. The summed E-state index contributed by atoms with van der Waals surface area (Å²) in [6.45, 7) is 0.839. The summed E-state index contributed by atoms with van der Waals surface area (Å²) in [5, 5.41) is 2.99. The molecule has 4 nitrogen and oxygen atoms in total. The van der Waals surface area contributed by atoms with E-state index in [4.69, 9.17) is 9.47 Å². The Kier molecular flexibility index (Phi) is 5.91. The maximum absolute atomic E-state index is 12.3. The molecule has 0 fully saturated rings. The third-order valence-electron chi connectivity index (χ3n) is 4.96. The average Bonchev–Trinajstić information content (AvgIpc) is 3.24. The maximum Gasteiger partial charge on any atom is 0.243 e. The van der Waals surface area contributed by atoms with Crippen LogP contribution in [0.1, 0.15) is 29.0 Å². The zero-order chi connectivity index (χ0) is 19.9. The van der Waals surface area contributed by atoms with Gasteiger partial charge in [0.15, 0.2) is 11.5 Å². The van der Waals surface area contributed by atoms with Crippen molar-refractivity contribution in [1.82, 2.24) is 5.32 Å². The fourth-order valence-electron chi connectivity index (χ4n) is 3.48. The van der Waals surface area contributed by atoms with E-state index in [0.717, 1.165) is 17.7 Å². The Balaban J connectivity index is 1.35. The lowest BCUT2D eigenvalue weighted by atomic mass is 9.88. The van der Waals surface area contributed by atoms with Gasteiger partial charge in [0.2, 0.25) is 12.7 Å². The lowest BCUT2D eigenvalue weighted by Crippen LogP contribution is -2.23. The third-order valence-corrected chi connectivity index (χ3v) is 4.96. The number of hydrogen-bond donors (Lipinski definition) is 1. The Hall–Kier alpha value is -3.53. The summed E-state index contributed by atoms with van der Waals surface area (Å²) in [4.78, 5) is 12.3. The molecule has 3 aromatic rings. The van der Waals surface area contributed by atoms with E-state index < -0.39 is 0 Å². The summed E-state index contributed by atoms with van der Waals surface area (Å²) in [6, 6.07) is 26.4. The monoisotopic (exact) mass is 385 g/mol. The maximum atomic E-state index is 12.3. The highest BCUT2D eigenvalue weighted by atomic mass is 16.7. The van der Waals surface area contributed by atoms with Crippen LogP contribution in [0.4, 0.5) is 0 Å². The molecule has 1 aliphatic heterocycles. The van der Waals surface area contributed by atoms with Crippen LogP contribution in [0.15, 0.2) is 84.9 Å². The van der Waals surface area contributed by atoms with Crippen LogP contribution >= 0.6 is 0 Å². The van der Waals surface area contributed by atoms with Crippen LogP contribution in [0, 0.1) is 0 Å². The molecule has 4 rings (SSSR count). The molecule has 1 N–H and O–H groups in total. The number of carbonyl (C=O) groups excluding carboxylic acids is 1. The first-order chi connectivity index (χ1) is 14.3. The fourth-order valence-corrected chi connectivity index (χ4v) is 3.48. The summed E-state index contributed by atoms with van der Waals surface area (Å²) >= 11 is 0. The van der Waals surface area contributed by atoms with Crippen LogP contribution in [0.2, 0.25) is 0 Å². The van der Waals surface area contributed by atoms with Crippen molar-refractivity contribution < 1.29 is 14.3 Å². The van der Waals surface area contributed by atoms with Crippen LogP contribution in [-0.4, -0.2) is 19.2 Å². The predicted octanol–water partition coefficient (Wildman–Crippen LogP) is 4.77. The lowest BCUT2D eigenvalue weighted by molar-refractivity contribution is -0.116. The van der Waals surface area contributed by atoms with Gasteiger partial charge in [-0.1, -0.05) is 66.7 Å². The molecule has 0 saturated carbocycles. The number of rotatable bonds is 7. The van der Waals surface area contributed by atoms with Gasteiger partial charge >= 0.3 is 0 Å². The van der Waals surface area contributed by atoms with Gasteiger partial charge < -0.3 is 14.8 Å². The molecule has 146 valence electrons. The molecule has 0 aromatic heterocycles. The number of ether oxygens (including phenoxy) is 2. The van der Waals surface area contributed by atoms with Gasteiger partial charge in [-0.15, -0.1) is 0 Å². The van der Waals surface area contributed by atoms with Gasteiger partial charge in [-0.05, 0) is 41.3 Å². The van der Waals surface area contributed by atoms with Crippen molar-refractivity contribution in [3.8, 4) is 11.5 Å². The Morgan fingerprint density at radius 3 is 2.24 bits per heavy atom. The first kappa shape index (κ1) is 18.8. The summed E-state index contributed by atoms with van der Waals surface area (Å²) < 4.78 is 10.7. The van der Waals surface area contributed by atoms with Crippen molar-refractivity contribution in [1.29, 1.82) is 0 Å². The van der Waals surface area contributed by atoms with E-state index in [-0.39, 0.29) is 18.6 Å². The number of hydrogen-bond acceptors (Lipinski definition) is 3. The highest BCUT2D eigenvalue weighted by Gasteiger charge is 2.14. The van der Waals surface area contributed by atoms with E-state index in [9.17, 15) is 4.79 Å². The molecule has 0 atom stereocenters. The fraction of sp³-hybridized carbons (Fsp3) is 0.160. The second-order valence-corrected chi connectivity index (χ2v) is 6.90. The van der Waals surface area contributed by atoms with Gasteiger partial charge in [-0.3, -0.25) is 4.79 Å². The normalized spacial score (nSPS) is 12.4. The molecule has 1 heterocycles. The number of amides is 1. The topological polar surface area (TPSA) is 47.6 Å². The zero-order valence-electron chi connectivity index (χ0n) is 16.1. The molecule has 0 aliphatic carbocycles. The molecular formula is C25H23NO3. The number of nitrogens with one attached hydrogen (secondary N) is 1. The summed E-state index contributed by atoms with van der Waals surface area (Å²) in [7, 11) is 0. The molecule has 29 heavy (non-hydrogen) atoms. The largest absolute Gasteiger partial charge is 0.454 e. The molecule has 0 unspecified atom stereocenters. The second kappa shape index (κ2) is 9.11. The van der Waals surface area contributed by atoms with Gasteiger partial charge in [0.25, 0.3) is 0 Å². The van der Waals surface area contributed by atoms with Gasteiger partial charge in [0.05, 0.1) is 0 Å². The van der Waals surface area contributed by atoms with Crippen LogP contribution in [0.25, 0.3) is 6.08 Å². The van der Waals surface area contributed by atoms with E-state index >= 15 is 0 Å². The molecule has 4 heteroatoms. The standard InChI is InChI=1S/C25H23NO3/c27-25(14-12-19-11-13-23-24(17-19)29-18-28-23)26-16-15-22(20-7-3-1-4-8-20)21-9-5-2-6-10-21/h1-14,17,22H,15-16,18H2,(H,26,27)/b14-12+. The van der Waals surface area contributed by atoms with E-state index in [0.29, 0.717) is 12.3 Å².